The Morgan fingerprint density at radius 1 is 0.828 bits per heavy atom. The second-order valence-corrected chi connectivity index (χ2v) is 7.58. The van der Waals surface area contributed by atoms with Gasteiger partial charge in [-0.25, -0.2) is 9.97 Å². The lowest BCUT2D eigenvalue weighted by atomic mass is 9.96. The van der Waals surface area contributed by atoms with Crippen molar-refractivity contribution in [2.75, 3.05) is 55.8 Å². The van der Waals surface area contributed by atoms with Crippen LogP contribution in [-0.2, 0) is 0 Å². The van der Waals surface area contributed by atoms with E-state index in [1.165, 1.54) is 11.1 Å². The summed E-state index contributed by atoms with van der Waals surface area (Å²) in [6, 6.07) is 21.7. The number of benzene rings is 2. The predicted octanol–water partition coefficient (Wildman–Crippen LogP) is 3.04. The monoisotopic (exact) mass is 388 g/mol. The zero-order valence-electron chi connectivity index (χ0n) is 17.1. The Bertz CT molecular complexity index is 881. The van der Waals surface area contributed by atoms with E-state index in [2.05, 4.69) is 80.4 Å². The summed E-state index contributed by atoms with van der Waals surface area (Å²) in [5.41, 5.74) is 9.66. The summed E-state index contributed by atoms with van der Waals surface area (Å²) >= 11 is 0. The van der Waals surface area contributed by atoms with Crippen LogP contribution in [0.1, 0.15) is 17.2 Å². The minimum atomic E-state index is 0.250. The molecule has 2 heterocycles. The van der Waals surface area contributed by atoms with Crippen molar-refractivity contribution in [3.05, 3.63) is 78.1 Å². The van der Waals surface area contributed by atoms with Crippen LogP contribution in [0, 0.1) is 0 Å². The number of aromatic nitrogens is 2. The highest BCUT2D eigenvalue weighted by Gasteiger charge is 2.28. The molecule has 6 nitrogen and oxygen atoms in total. The van der Waals surface area contributed by atoms with Gasteiger partial charge in [-0.15, -0.1) is 0 Å². The van der Waals surface area contributed by atoms with E-state index in [-0.39, 0.29) is 6.04 Å². The van der Waals surface area contributed by atoms with Crippen LogP contribution in [0.25, 0.3) is 0 Å². The standard InChI is InChI=1S/C23H28N6/c1-27(2)22-20(24)23(26-17-25-22)29-15-13-28(14-16-29)21(18-9-5-3-6-10-18)19-11-7-4-8-12-19/h3-12,17,21H,13-16,24H2,1-2H3. The van der Waals surface area contributed by atoms with Gasteiger partial charge in [0, 0.05) is 40.3 Å². The largest absolute Gasteiger partial charge is 0.393 e. The molecule has 4 rings (SSSR count). The van der Waals surface area contributed by atoms with Gasteiger partial charge in [-0.3, -0.25) is 4.90 Å². The Balaban J connectivity index is 1.56. The number of rotatable bonds is 5. The normalized spacial score (nSPS) is 14.9. The summed E-state index contributed by atoms with van der Waals surface area (Å²) in [6.45, 7) is 3.64. The Morgan fingerprint density at radius 2 is 1.38 bits per heavy atom. The van der Waals surface area contributed by atoms with E-state index in [0.29, 0.717) is 5.69 Å². The molecule has 2 N–H and O–H groups in total. The Morgan fingerprint density at radius 3 is 1.90 bits per heavy atom. The quantitative estimate of drug-likeness (QED) is 0.725. The fourth-order valence-corrected chi connectivity index (χ4v) is 4.06. The summed E-state index contributed by atoms with van der Waals surface area (Å²) in [6.07, 6.45) is 1.60. The van der Waals surface area contributed by atoms with E-state index in [1.54, 1.807) is 6.33 Å². The first-order valence-corrected chi connectivity index (χ1v) is 10.0. The zero-order valence-corrected chi connectivity index (χ0v) is 17.1. The topological polar surface area (TPSA) is 61.5 Å². The summed E-state index contributed by atoms with van der Waals surface area (Å²) in [5.74, 6) is 1.60. The molecule has 0 atom stereocenters. The molecule has 0 amide bonds. The van der Waals surface area contributed by atoms with Gasteiger partial charge in [0.1, 0.15) is 12.0 Å². The van der Waals surface area contributed by atoms with E-state index in [9.17, 15) is 0 Å². The second-order valence-electron chi connectivity index (χ2n) is 7.58. The van der Waals surface area contributed by atoms with E-state index in [4.69, 9.17) is 5.73 Å². The van der Waals surface area contributed by atoms with E-state index in [1.807, 2.05) is 19.0 Å². The number of hydrogen-bond donors (Lipinski definition) is 1. The fraction of sp³-hybridized carbons (Fsp3) is 0.304. The molecule has 1 aliphatic rings. The molecule has 1 aliphatic heterocycles. The van der Waals surface area contributed by atoms with Crippen molar-refractivity contribution in [2.45, 2.75) is 6.04 Å². The van der Waals surface area contributed by atoms with Crippen molar-refractivity contribution in [1.29, 1.82) is 0 Å². The number of piperazine rings is 1. The van der Waals surface area contributed by atoms with Crippen LogP contribution in [0.15, 0.2) is 67.0 Å². The molecule has 0 radical (unpaired) electrons. The molecule has 2 aromatic carbocycles. The van der Waals surface area contributed by atoms with Crippen LogP contribution < -0.4 is 15.5 Å². The summed E-state index contributed by atoms with van der Waals surface area (Å²) < 4.78 is 0. The number of nitrogens with two attached hydrogens (primary N) is 1. The van der Waals surface area contributed by atoms with Gasteiger partial charge in [0.15, 0.2) is 11.6 Å². The SMILES string of the molecule is CN(C)c1ncnc(N2CCN(C(c3ccccc3)c3ccccc3)CC2)c1N. The van der Waals surface area contributed by atoms with Crippen molar-refractivity contribution in [3.8, 4) is 0 Å². The molecule has 1 aromatic heterocycles. The lowest BCUT2D eigenvalue weighted by Crippen LogP contribution is -2.48. The molecule has 1 saturated heterocycles. The number of nitrogens with zero attached hydrogens (tertiary/aromatic N) is 5. The molecule has 1 fully saturated rings. The molecule has 150 valence electrons. The summed E-state index contributed by atoms with van der Waals surface area (Å²) in [5, 5.41) is 0. The van der Waals surface area contributed by atoms with Crippen LogP contribution in [0.3, 0.4) is 0 Å². The van der Waals surface area contributed by atoms with Crippen molar-refractivity contribution in [3.63, 3.8) is 0 Å². The van der Waals surface area contributed by atoms with Crippen LogP contribution in [0.4, 0.5) is 17.3 Å². The number of anilines is 3. The predicted molar refractivity (Wildman–Crippen MR) is 119 cm³/mol. The van der Waals surface area contributed by atoms with Gasteiger partial charge in [0.05, 0.1) is 6.04 Å². The molecule has 0 unspecified atom stereocenters. The Labute approximate surface area is 172 Å². The van der Waals surface area contributed by atoms with Gasteiger partial charge in [0.2, 0.25) is 0 Å². The zero-order chi connectivity index (χ0) is 20.2. The molecule has 29 heavy (non-hydrogen) atoms. The molecule has 0 aliphatic carbocycles. The maximum Gasteiger partial charge on any atom is 0.157 e. The van der Waals surface area contributed by atoms with Crippen molar-refractivity contribution in [1.82, 2.24) is 14.9 Å². The third-order valence-electron chi connectivity index (χ3n) is 5.48. The molecule has 6 heteroatoms. The molecule has 0 spiro atoms. The summed E-state index contributed by atoms with van der Waals surface area (Å²) in [4.78, 5) is 15.5. The average molecular weight is 389 g/mol. The fourth-order valence-electron chi connectivity index (χ4n) is 4.06. The highest BCUT2D eigenvalue weighted by atomic mass is 15.3. The van der Waals surface area contributed by atoms with Crippen LogP contribution in [-0.4, -0.2) is 55.1 Å². The van der Waals surface area contributed by atoms with Gasteiger partial charge in [-0.1, -0.05) is 60.7 Å². The minimum absolute atomic E-state index is 0.250. The first-order chi connectivity index (χ1) is 14.1. The third kappa shape index (κ3) is 4.03. The lowest BCUT2D eigenvalue weighted by molar-refractivity contribution is 0.212. The van der Waals surface area contributed by atoms with Crippen molar-refractivity contribution >= 4 is 17.3 Å². The lowest BCUT2D eigenvalue weighted by Gasteiger charge is -2.40. The molecular formula is C23H28N6. The number of nitrogen functional groups attached to an aromatic ring is 1. The van der Waals surface area contributed by atoms with Gasteiger partial charge in [-0.2, -0.15) is 0 Å². The second kappa shape index (κ2) is 8.49. The minimum Gasteiger partial charge on any atom is -0.393 e. The maximum absolute atomic E-state index is 6.37. The van der Waals surface area contributed by atoms with Crippen LogP contribution in [0.5, 0.6) is 0 Å². The summed E-state index contributed by atoms with van der Waals surface area (Å²) in [7, 11) is 3.90. The Kier molecular flexibility index (Phi) is 5.62. The smallest absolute Gasteiger partial charge is 0.157 e. The van der Waals surface area contributed by atoms with Crippen LogP contribution >= 0.6 is 0 Å². The van der Waals surface area contributed by atoms with Crippen molar-refractivity contribution in [2.24, 2.45) is 0 Å². The van der Waals surface area contributed by atoms with E-state index in [0.717, 1.165) is 37.8 Å². The highest BCUT2D eigenvalue weighted by Crippen LogP contribution is 2.32. The van der Waals surface area contributed by atoms with Crippen LogP contribution in [0.2, 0.25) is 0 Å². The van der Waals surface area contributed by atoms with Gasteiger partial charge < -0.3 is 15.5 Å². The van der Waals surface area contributed by atoms with Gasteiger partial charge in [0.25, 0.3) is 0 Å². The number of hydrogen-bond acceptors (Lipinski definition) is 6. The van der Waals surface area contributed by atoms with Gasteiger partial charge >= 0.3 is 0 Å². The highest BCUT2D eigenvalue weighted by molar-refractivity contribution is 5.75. The molecular weight excluding hydrogens is 360 g/mol. The molecule has 3 aromatic rings. The van der Waals surface area contributed by atoms with Gasteiger partial charge in [-0.05, 0) is 11.1 Å². The average Bonchev–Trinajstić information content (AvgIpc) is 2.76. The third-order valence-corrected chi connectivity index (χ3v) is 5.48. The maximum atomic E-state index is 6.37. The molecule has 0 saturated carbocycles. The van der Waals surface area contributed by atoms with E-state index >= 15 is 0 Å². The Hall–Kier alpha value is -3.12. The van der Waals surface area contributed by atoms with E-state index < -0.39 is 0 Å². The first kappa shape index (κ1) is 19.2. The van der Waals surface area contributed by atoms with Crippen molar-refractivity contribution < 1.29 is 0 Å². The first-order valence-electron chi connectivity index (χ1n) is 10.0. The molecule has 0 bridgehead atoms.